The molecule has 0 saturated heterocycles. The van der Waals surface area contributed by atoms with Crippen LogP contribution in [0.4, 0.5) is 11.4 Å². The van der Waals surface area contributed by atoms with Gasteiger partial charge in [-0.3, -0.25) is 13.7 Å². The molecule has 3 aromatic rings. The molecule has 0 aliphatic rings. The first-order valence-electron chi connectivity index (χ1n) is 8.06. The van der Waals surface area contributed by atoms with Crippen molar-refractivity contribution in [3.8, 4) is 11.5 Å². The summed E-state index contributed by atoms with van der Waals surface area (Å²) in [5.41, 5.74) is -0.877. The van der Waals surface area contributed by atoms with Crippen molar-refractivity contribution in [2.45, 2.75) is 14.7 Å². The average molecular weight is 504 g/mol. The summed E-state index contributed by atoms with van der Waals surface area (Å²) in [4.78, 5) is -2.27. The molecule has 0 aromatic heterocycles. The summed E-state index contributed by atoms with van der Waals surface area (Å²) >= 11 is 0. The van der Waals surface area contributed by atoms with E-state index in [1.165, 1.54) is 0 Å². The second-order valence-electron chi connectivity index (χ2n) is 6.23. The average Bonchev–Trinajstić information content (AvgIpc) is 2.64. The van der Waals surface area contributed by atoms with Crippen LogP contribution in [0.5, 0.6) is 11.5 Å². The number of azo groups is 1. The van der Waals surface area contributed by atoms with E-state index in [0.29, 0.717) is 12.1 Å². The Morgan fingerprint density at radius 2 is 1.22 bits per heavy atom. The van der Waals surface area contributed by atoms with Gasteiger partial charge >= 0.3 is 0 Å². The Hall–Kier alpha value is -3.15. The molecule has 0 atom stereocenters. The number of rotatable bonds is 5. The molecule has 0 heterocycles. The maximum atomic E-state index is 11.8. The molecule has 32 heavy (non-hydrogen) atoms. The molecule has 3 aromatic carbocycles. The van der Waals surface area contributed by atoms with Crippen molar-refractivity contribution in [1.29, 1.82) is 0 Å². The van der Waals surface area contributed by atoms with Crippen LogP contribution >= 0.6 is 0 Å². The molecule has 0 bridgehead atoms. The van der Waals surface area contributed by atoms with Crippen LogP contribution in [0.3, 0.4) is 0 Å². The van der Waals surface area contributed by atoms with E-state index in [4.69, 9.17) is 9.11 Å². The van der Waals surface area contributed by atoms with Gasteiger partial charge in [0.05, 0.1) is 20.9 Å². The lowest BCUT2D eigenvalue weighted by atomic mass is 10.1. The fourth-order valence-electron chi connectivity index (χ4n) is 2.67. The molecule has 16 heteroatoms. The zero-order valence-corrected chi connectivity index (χ0v) is 17.8. The number of hydrogen-bond acceptors (Lipinski definition) is 10. The lowest BCUT2D eigenvalue weighted by Gasteiger charge is -2.11. The minimum absolute atomic E-state index is 0.0517. The summed E-state index contributed by atoms with van der Waals surface area (Å²) in [6.45, 7) is 0. The largest absolute Gasteiger partial charge is 0.507 e. The van der Waals surface area contributed by atoms with Crippen molar-refractivity contribution < 1.29 is 49.1 Å². The van der Waals surface area contributed by atoms with Crippen LogP contribution in [-0.4, -0.2) is 49.1 Å². The van der Waals surface area contributed by atoms with E-state index in [9.17, 15) is 40.0 Å². The third-order valence-corrected chi connectivity index (χ3v) is 6.64. The van der Waals surface area contributed by atoms with Crippen molar-refractivity contribution >= 4 is 52.5 Å². The molecule has 0 spiro atoms. The van der Waals surface area contributed by atoms with E-state index < -0.39 is 67.6 Å². The van der Waals surface area contributed by atoms with E-state index in [1.54, 1.807) is 0 Å². The third kappa shape index (κ3) is 4.69. The summed E-state index contributed by atoms with van der Waals surface area (Å²) in [6.07, 6.45) is 0. The molecule has 13 nitrogen and oxygen atoms in total. The van der Waals surface area contributed by atoms with Crippen LogP contribution in [0.25, 0.3) is 10.8 Å². The fraction of sp³-hybridized carbons (Fsp3) is 0. The molecule has 0 fully saturated rings. The Morgan fingerprint density at radius 3 is 1.72 bits per heavy atom. The molecule has 0 unspecified atom stereocenters. The number of fused-ring (bicyclic) bond motifs is 1. The summed E-state index contributed by atoms with van der Waals surface area (Å²) in [7, 11) is -14.3. The summed E-state index contributed by atoms with van der Waals surface area (Å²) in [5, 5.41) is 26.9. The Labute approximate surface area is 180 Å². The van der Waals surface area contributed by atoms with Gasteiger partial charge in [-0.25, -0.2) is 0 Å². The van der Waals surface area contributed by atoms with Crippen molar-refractivity contribution in [2.75, 3.05) is 0 Å². The first-order valence-corrected chi connectivity index (χ1v) is 12.4. The normalized spacial score (nSPS) is 13.1. The van der Waals surface area contributed by atoms with E-state index in [0.717, 1.165) is 30.3 Å². The lowest BCUT2D eigenvalue weighted by Crippen LogP contribution is -2.01. The molecule has 5 N–H and O–H groups in total. The Bertz CT molecular complexity index is 1590. The Kier molecular flexibility index (Phi) is 5.71. The van der Waals surface area contributed by atoms with Crippen LogP contribution in [0.2, 0.25) is 0 Å². The minimum Gasteiger partial charge on any atom is -0.507 e. The highest BCUT2D eigenvalue weighted by Gasteiger charge is 2.25. The van der Waals surface area contributed by atoms with Gasteiger partial charge in [0, 0.05) is 6.07 Å². The highest BCUT2D eigenvalue weighted by atomic mass is 32.2. The predicted octanol–water partition coefficient (Wildman–Crippen LogP) is 2.41. The summed E-state index contributed by atoms with van der Waals surface area (Å²) < 4.78 is 96.0. The smallest absolute Gasteiger partial charge is 0.296 e. The molecule has 0 aliphatic heterocycles. The topological polar surface area (TPSA) is 228 Å². The second-order valence-corrected chi connectivity index (χ2v) is 10.5. The van der Waals surface area contributed by atoms with Gasteiger partial charge in [0.2, 0.25) is 0 Å². The molecule has 170 valence electrons. The maximum absolute atomic E-state index is 11.8. The highest BCUT2D eigenvalue weighted by molar-refractivity contribution is 7.86. The summed E-state index contributed by atoms with van der Waals surface area (Å²) in [6, 6.07) is 6.15. The summed E-state index contributed by atoms with van der Waals surface area (Å²) in [5.74, 6) is -1.85. The Morgan fingerprint density at radius 1 is 0.656 bits per heavy atom. The predicted molar refractivity (Wildman–Crippen MR) is 107 cm³/mol. The fourth-order valence-corrected chi connectivity index (χ4v) is 4.35. The van der Waals surface area contributed by atoms with Gasteiger partial charge in [-0.05, 0) is 41.8 Å². The van der Waals surface area contributed by atoms with Gasteiger partial charge in [-0.15, -0.1) is 5.11 Å². The molecular formula is C16H12N2O11S3. The number of hydrogen-bond donors (Lipinski definition) is 5. The molecular weight excluding hydrogens is 492 g/mol. The van der Waals surface area contributed by atoms with Gasteiger partial charge in [-0.2, -0.15) is 30.4 Å². The number of aromatic hydroxyl groups is 2. The van der Waals surface area contributed by atoms with E-state index in [1.807, 2.05) is 0 Å². The van der Waals surface area contributed by atoms with Crippen molar-refractivity contribution in [3.05, 3.63) is 42.5 Å². The lowest BCUT2D eigenvalue weighted by molar-refractivity contribution is 0.457. The number of benzene rings is 3. The van der Waals surface area contributed by atoms with Gasteiger partial charge in [0.25, 0.3) is 30.4 Å². The van der Waals surface area contributed by atoms with Gasteiger partial charge in [0.1, 0.15) is 16.3 Å². The van der Waals surface area contributed by atoms with Crippen molar-refractivity contribution in [1.82, 2.24) is 0 Å². The van der Waals surface area contributed by atoms with E-state index in [-0.39, 0.29) is 11.1 Å². The first kappa shape index (κ1) is 23.5. The number of phenols is 2. The molecule has 0 amide bonds. The van der Waals surface area contributed by atoms with Crippen LogP contribution in [0, 0.1) is 0 Å². The molecule has 0 radical (unpaired) electrons. The van der Waals surface area contributed by atoms with Gasteiger partial charge < -0.3 is 10.2 Å². The Balaban J connectivity index is 2.25. The minimum atomic E-state index is -5.06. The standard InChI is InChI=1S/C16H12N2O11S3/c19-12-7-11(31(24,25)26)5-8-6-13(32(27,28)29)15(16(20)14(8)12)18-17-9-1-3-10(4-2-9)30(21,22)23/h1-7,19-20H,(H,21,22,23)(H,24,25,26)(H,27,28,29)/b18-17+. The van der Waals surface area contributed by atoms with Crippen LogP contribution in [0.1, 0.15) is 0 Å². The van der Waals surface area contributed by atoms with Crippen LogP contribution < -0.4 is 0 Å². The van der Waals surface area contributed by atoms with Crippen molar-refractivity contribution in [3.63, 3.8) is 0 Å². The zero-order valence-electron chi connectivity index (χ0n) is 15.3. The molecule has 3 rings (SSSR count). The van der Waals surface area contributed by atoms with Crippen LogP contribution in [0.15, 0.2) is 67.4 Å². The monoisotopic (exact) mass is 504 g/mol. The quantitative estimate of drug-likeness (QED) is 0.250. The van der Waals surface area contributed by atoms with Gasteiger partial charge in [-0.1, -0.05) is 0 Å². The highest BCUT2D eigenvalue weighted by Crippen LogP contribution is 2.45. The van der Waals surface area contributed by atoms with E-state index >= 15 is 0 Å². The van der Waals surface area contributed by atoms with Crippen LogP contribution in [-0.2, 0) is 30.4 Å². The SMILES string of the molecule is O=S(=O)(O)c1ccc(/N=N/c2c(S(=O)(=O)O)cc3cc(S(=O)(=O)O)cc(O)c3c2O)cc1. The zero-order chi connectivity index (χ0) is 24.1. The number of nitrogens with zero attached hydrogens (tertiary/aromatic N) is 2. The third-order valence-electron chi connectivity index (χ3n) is 4.08. The second kappa shape index (κ2) is 7.76. The first-order chi connectivity index (χ1) is 14.6. The molecule has 0 aliphatic carbocycles. The van der Waals surface area contributed by atoms with Crippen molar-refractivity contribution in [2.24, 2.45) is 10.2 Å². The maximum Gasteiger partial charge on any atom is 0.296 e. The van der Waals surface area contributed by atoms with Gasteiger partial charge in [0.15, 0.2) is 5.75 Å². The van der Waals surface area contributed by atoms with E-state index in [2.05, 4.69) is 10.2 Å². The molecule has 0 saturated carbocycles. The number of phenolic OH excluding ortho intramolecular Hbond substituents is 2.